The summed E-state index contributed by atoms with van der Waals surface area (Å²) in [6, 6.07) is 5.83. The molecule has 0 saturated heterocycles. The van der Waals surface area contributed by atoms with Crippen molar-refractivity contribution in [2.45, 2.75) is 19.4 Å². The Kier molecular flexibility index (Phi) is 3.22. The van der Waals surface area contributed by atoms with Gasteiger partial charge in [0.2, 0.25) is 0 Å². The summed E-state index contributed by atoms with van der Waals surface area (Å²) in [7, 11) is 1.83. The summed E-state index contributed by atoms with van der Waals surface area (Å²) in [4.78, 5) is 7.66. The van der Waals surface area contributed by atoms with Gasteiger partial charge in [-0.15, -0.1) is 0 Å². The number of aromatic amines is 1. The highest BCUT2D eigenvalue weighted by Gasteiger charge is 2.08. The predicted octanol–water partition coefficient (Wildman–Crippen LogP) is 1.38. The molecule has 1 heterocycles. The van der Waals surface area contributed by atoms with Crippen LogP contribution in [0.5, 0.6) is 0 Å². The molecule has 0 aliphatic carbocycles. The summed E-state index contributed by atoms with van der Waals surface area (Å²) < 4.78 is 0. The van der Waals surface area contributed by atoms with Gasteiger partial charge in [0, 0.05) is 13.0 Å². The second-order valence-corrected chi connectivity index (χ2v) is 3.89. The minimum absolute atomic E-state index is 0.470. The number of hydrogen-bond acceptors (Lipinski definition) is 3. The summed E-state index contributed by atoms with van der Waals surface area (Å²) in [5.74, 6) is 0.982. The van der Waals surface area contributed by atoms with E-state index >= 15 is 0 Å². The van der Waals surface area contributed by atoms with Gasteiger partial charge in [0.15, 0.2) is 0 Å². The Balaban J connectivity index is 2.35. The molecule has 2 rings (SSSR count). The molecule has 0 saturated carbocycles. The molecule has 1 atom stereocenters. The van der Waals surface area contributed by atoms with Crippen molar-refractivity contribution in [1.29, 1.82) is 0 Å². The van der Waals surface area contributed by atoms with Crippen molar-refractivity contribution in [2.24, 2.45) is 0 Å². The van der Waals surface area contributed by atoms with E-state index in [1.807, 2.05) is 25.2 Å². The second-order valence-electron chi connectivity index (χ2n) is 3.89. The Hall–Kier alpha value is -1.39. The Morgan fingerprint density at radius 2 is 2.31 bits per heavy atom. The molecule has 4 nitrogen and oxygen atoms in total. The summed E-state index contributed by atoms with van der Waals surface area (Å²) in [5.41, 5.74) is 2.86. The number of benzene rings is 1. The van der Waals surface area contributed by atoms with Crippen LogP contribution in [-0.2, 0) is 6.42 Å². The maximum Gasteiger partial charge on any atom is 0.106 e. The average molecular weight is 219 g/mol. The largest absolute Gasteiger partial charge is 0.387 e. The van der Waals surface area contributed by atoms with E-state index in [0.717, 1.165) is 28.8 Å². The van der Waals surface area contributed by atoms with E-state index in [-0.39, 0.29) is 0 Å². The number of aryl methyl sites for hydroxylation is 1. The number of fused-ring (bicyclic) bond motifs is 1. The number of hydrogen-bond donors (Lipinski definition) is 3. The normalized spacial score (nSPS) is 13.2. The van der Waals surface area contributed by atoms with Gasteiger partial charge in [-0.1, -0.05) is 13.0 Å². The number of aliphatic hydroxyl groups is 1. The van der Waals surface area contributed by atoms with Gasteiger partial charge in [0.25, 0.3) is 0 Å². The maximum absolute atomic E-state index is 9.85. The zero-order valence-corrected chi connectivity index (χ0v) is 9.62. The number of imidazole rings is 1. The van der Waals surface area contributed by atoms with Gasteiger partial charge in [-0.2, -0.15) is 0 Å². The first-order chi connectivity index (χ1) is 7.74. The lowest BCUT2D eigenvalue weighted by atomic mass is 10.1. The fraction of sp³-hybridized carbons (Fsp3) is 0.417. The molecule has 1 unspecified atom stereocenters. The highest BCUT2D eigenvalue weighted by atomic mass is 16.3. The van der Waals surface area contributed by atoms with Gasteiger partial charge in [0.1, 0.15) is 5.82 Å². The van der Waals surface area contributed by atoms with E-state index in [2.05, 4.69) is 22.2 Å². The molecule has 0 spiro atoms. The molecule has 0 aliphatic heterocycles. The second kappa shape index (κ2) is 4.63. The summed E-state index contributed by atoms with van der Waals surface area (Å²) >= 11 is 0. The lowest BCUT2D eigenvalue weighted by Crippen LogP contribution is -2.16. The van der Waals surface area contributed by atoms with Crippen molar-refractivity contribution in [3.63, 3.8) is 0 Å². The van der Waals surface area contributed by atoms with E-state index in [9.17, 15) is 5.11 Å². The number of nitrogens with zero attached hydrogens (tertiary/aromatic N) is 1. The van der Waals surface area contributed by atoms with Gasteiger partial charge in [-0.3, -0.25) is 0 Å². The molecule has 3 N–H and O–H groups in total. The van der Waals surface area contributed by atoms with Gasteiger partial charge < -0.3 is 15.4 Å². The molecule has 0 fully saturated rings. The van der Waals surface area contributed by atoms with Gasteiger partial charge >= 0.3 is 0 Å². The van der Waals surface area contributed by atoms with Crippen molar-refractivity contribution in [3.05, 3.63) is 29.6 Å². The van der Waals surface area contributed by atoms with E-state index in [0.29, 0.717) is 6.54 Å². The van der Waals surface area contributed by atoms with Crippen LogP contribution in [0.15, 0.2) is 18.2 Å². The van der Waals surface area contributed by atoms with Crippen LogP contribution >= 0.6 is 0 Å². The first kappa shape index (κ1) is 11.1. The summed E-state index contributed by atoms with van der Waals surface area (Å²) in [5, 5.41) is 12.8. The van der Waals surface area contributed by atoms with Crippen molar-refractivity contribution in [3.8, 4) is 0 Å². The first-order valence-corrected chi connectivity index (χ1v) is 5.55. The van der Waals surface area contributed by atoms with Crippen LogP contribution in [0, 0.1) is 0 Å². The van der Waals surface area contributed by atoms with Gasteiger partial charge in [0.05, 0.1) is 17.1 Å². The Morgan fingerprint density at radius 1 is 1.50 bits per heavy atom. The molecule has 0 amide bonds. The lowest BCUT2D eigenvalue weighted by molar-refractivity contribution is 0.178. The van der Waals surface area contributed by atoms with Crippen LogP contribution in [0.25, 0.3) is 11.0 Å². The van der Waals surface area contributed by atoms with Gasteiger partial charge in [-0.25, -0.2) is 4.98 Å². The van der Waals surface area contributed by atoms with E-state index in [4.69, 9.17) is 0 Å². The number of nitrogens with one attached hydrogen (secondary N) is 2. The predicted molar refractivity (Wildman–Crippen MR) is 64.4 cm³/mol. The fourth-order valence-electron chi connectivity index (χ4n) is 1.77. The van der Waals surface area contributed by atoms with Gasteiger partial charge in [-0.05, 0) is 24.7 Å². The molecule has 1 aromatic carbocycles. The van der Waals surface area contributed by atoms with Crippen LogP contribution in [-0.4, -0.2) is 28.7 Å². The zero-order valence-electron chi connectivity index (χ0n) is 9.62. The zero-order chi connectivity index (χ0) is 11.5. The minimum Gasteiger partial charge on any atom is -0.387 e. The van der Waals surface area contributed by atoms with E-state index < -0.39 is 6.10 Å². The highest BCUT2D eigenvalue weighted by molar-refractivity contribution is 5.76. The van der Waals surface area contributed by atoms with E-state index in [1.165, 1.54) is 0 Å². The molecule has 86 valence electrons. The van der Waals surface area contributed by atoms with Crippen molar-refractivity contribution in [2.75, 3.05) is 13.6 Å². The Bertz CT molecular complexity index is 478. The SMILES string of the molecule is CCc1nc2ccc(C(O)CNC)cc2[nH]1. The molecule has 4 heteroatoms. The monoisotopic (exact) mass is 219 g/mol. The highest BCUT2D eigenvalue weighted by Crippen LogP contribution is 2.18. The third-order valence-corrected chi connectivity index (χ3v) is 2.67. The molecule has 1 aromatic heterocycles. The molecule has 2 aromatic rings. The van der Waals surface area contributed by atoms with Crippen LogP contribution in [0.3, 0.4) is 0 Å². The third-order valence-electron chi connectivity index (χ3n) is 2.67. The smallest absolute Gasteiger partial charge is 0.106 e. The Morgan fingerprint density at radius 3 is 3.00 bits per heavy atom. The van der Waals surface area contributed by atoms with Crippen LogP contribution < -0.4 is 5.32 Å². The van der Waals surface area contributed by atoms with Crippen LogP contribution in [0.4, 0.5) is 0 Å². The quantitative estimate of drug-likeness (QED) is 0.728. The molecule has 16 heavy (non-hydrogen) atoms. The summed E-state index contributed by atoms with van der Waals surface area (Å²) in [6.45, 7) is 2.62. The number of aliphatic hydroxyl groups excluding tert-OH is 1. The Labute approximate surface area is 94.7 Å². The van der Waals surface area contributed by atoms with Crippen LogP contribution in [0.2, 0.25) is 0 Å². The lowest BCUT2D eigenvalue weighted by Gasteiger charge is -2.09. The van der Waals surface area contributed by atoms with Crippen LogP contribution in [0.1, 0.15) is 24.4 Å². The summed E-state index contributed by atoms with van der Waals surface area (Å²) in [6.07, 6.45) is 0.422. The minimum atomic E-state index is -0.470. The van der Waals surface area contributed by atoms with Crippen molar-refractivity contribution >= 4 is 11.0 Å². The number of H-pyrrole nitrogens is 1. The standard InChI is InChI=1S/C12H17N3O/c1-3-12-14-9-5-4-8(6-10(9)15-12)11(16)7-13-2/h4-6,11,13,16H,3,7H2,1-2H3,(H,14,15). The average Bonchev–Trinajstić information content (AvgIpc) is 2.70. The molecule has 0 aliphatic rings. The molecular weight excluding hydrogens is 202 g/mol. The molecular formula is C12H17N3O. The maximum atomic E-state index is 9.85. The molecule has 0 radical (unpaired) electrons. The number of rotatable bonds is 4. The number of likely N-dealkylation sites (N-methyl/N-ethyl adjacent to an activating group) is 1. The first-order valence-electron chi connectivity index (χ1n) is 5.55. The fourth-order valence-corrected chi connectivity index (χ4v) is 1.77. The number of aromatic nitrogens is 2. The van der Waals surface area contributed by atoms with Crippen molar-refractivity contribution in [1.82, 2.24) is 15.3 Å². The van der Waals surface area contributed by atoms with Crippen molar-refractivity contribution < 1.29 is 5.11 Å². The molecule has 0 bridgehead atoms. The van der Waals surface area contributed by atoms with E-state index in [1.54, 1.807) is 0 Å². The topological polar surface area (TPSA) is 60.9 Å². The third kappa shape index (κ3) is 2.08.